The first-order valence-corrected chi connectivity index (χ1v) is 9.93. The van der Waals surface area contributed by atoms with Gasteiger partial charge in [-0.25, -0.2) is 4.68 Å². The Morgan fingerprint density at radius 1 is 1.28 bits per heavy atom. The predicted octanol–water partition coefficient (Wildman–Crippen LogP) is 2.60. The molecule has 158 valence electrons. The second kappa shape index (κ2) is 10.4. The van der Waals surface area contributed by atoms with Gasteiger partial charge in [0.25, 0.3) is 0 Å². The average molecular weight is 421 g/mol. The lowest BCUT2D eigenvalue weighted by molar-refractivity contribution is -0.134. The Kier molecular flexibility index (Phi) is 8.22. The van der Waals surface area contributed by atoms with Crippen molar-refractivity contribution >= 4 is 23.4 Å². The molecule has 0 unspecified atom stereocenters. The van der Waals surface area contributed by atoms with Gasteiger partial charge in [-0.2, -0.15) is 5.10 Å². The highest BCUT2D eigenvalue weighted by Gasteiger charge is 2.19. The summed E-state index contributed by atoms with van der Waals surface area (Å²) in [7, 11) is 3.25. The van der Waals surface area contributed by atoms with Gasteiger partial charge in [0.05, 0.1) is 24.3 Å². The van der Waals surface area contributed by atoms with E-state index in [9.17, 15) is 9.59 Å². The zero-order valence-electron chi connectivity index (χ0n) is 17.7. The maximum atomic E-state index is 12.6. The highest BCUT2D eigenvalue weighted by atomic mass is 35.5. The van der Waals surface area contributed by atoms with Crippen LogP contribution in [0.25, 0.3) is 5.69 Å². The number of benzene rings is 1. The fourth-order valence-corrected chi connectivity index (χ4v) is 3.16. The molecule has 0 radical (unpaired) electrons. The van der Waals surface area contributed by atoms with E-state index in [0.717, 1.165) is 34.6 Å². The summed E-state index contributed by atoms with van der Waals surface area (Å²) in [6.07, 6.45) is 0.922. The van der Waals surface area contributed by atoms with Crippen molar-refractivity contribution in [2.45, 2.75) is 33.6 Å². The van der Waals surface area contributed by atoms with Crippen LogP contribution in [-0.4, -0.2) is 60.3 Å². The zero-order chi connectivity index (χ0) is 21.6. The molecule has 0 saturated heterocycles. The lowest BCUT2D eigenvalue weighted by Crippen LogP contribution is -2.39. The Labute approximate surface area is 177 Å². The smallest absolute Gasteiger partial charge is 0.239 e. The Morgan fingerprint density at radius 2 is 2.00 bits per heavy atom. The van der Waals surface area contributed by atoms with Gasteiger partial charge in [-0.05, 0) is 44.9 Å². The van der Waals surface area contributed by atoms with Crippen molar-refractivity contribution in [1.82, 2.24) is 20.0 Å². The van der Waals surface area contributed by atoms with Crippen LogP contribution < -0.4 is 5.32 Å². The zero-order valence-corrected chi connectivity index (χ0v) is 18.5. The minimum Gasteiger partial charge on any atom is -0.385 e. The molecule has 0 aliphatic carbocycles. The number of nitrogens with one attached hydrogen (secondary N) is 1. The maximum absolute atomic E-state index is 12.6. The molecule has 0 atom stereocenters. The van der Waals surface area contributed by atoms with Gasteiger partial charge in [-0.1, -0.05) is 17.7 Å². The van der Waals surface area contributed by atoms with Crippen LogP contribution in [0.3, 0.4) is 0 Å². The van der Waals surface area contributed by atoms with E-state index < -0.39 is 0 Å². The lowest BCUT2D eigenvalue weighted by atomic mass is 10.1. The van der Waals surface area contributed by atoms with Crippen LogP contribution in [0.5, 0.6) is 0 Å². The van der Waals surface area contributed by atoms with E-state index in [0.29, 0.717) is 18.2 Å². The quantitative estimate of drug-likeness (QED) is 0.632. The number of carbonyl (C=O) groups is 2. The van der Waals surface area contributed by atoms with E-state index in [2.05, 4.69) is 10.4 Å². The highest BCUT2D eigenvalue weighted by molar-refractivity contribution is 6.31. The molecule has 29 heavy (non-hydrogen) atoms. The second-order valence-electron chi connectivity index (χ2n) is 7.12. The van der Waals surface area contributed by atoms with Crippen molar-refractivity contribution in [3.63, 3.8) is 0 Å². The molecule has 0 aliphatic heterocycles. The number of hydrogen-bond acceptors (Lipinski definition) is 4. The summed E-state index contributed by atoms with van der Waals surface area (Å²) in [4.78, 5) is 26.1. The minimum atomic E-state index is -0.185. The Morgan fingerprint density at radius 3 is 2.66 bits per heavy atom. The first-order valence-electron chi connectivity index (χ1n) is 9.55. The van der Waals surface area contributed by atoms with Crippen molar-refractivity contribution in [1.29, 1.82) is 0 Å². The summed E-state index contributed by atoms with van der Waals surface area (Å²) < 4.78 is 6.74. The normalized spacial score (nSPS) is 10.8. The van der Waals surface area contributed by atoms with Crippen LogP contribution >= 0.6 is 11.6 Å². The Hall–Kier alpha value is -2.38. The van der Waals surface area contributed by atoms with Crippen molar-refractivity contribution in [2.75, 3.05) is 33.9 Å². The van der Waals surface area contributed by atoms with Crippen LogP contribution in [-0.2, 0) is 20.7 Å². The summed E-state index contributed by atoms with van der Waals surface area (Å²) in [6, 6.07) is 5.76. The average Bonchev–Trinajstić information content (AvgIpc) is 2.95. The molecule has 0 spiro atoms. The van der Waals surface area contributed by atoms with E-state index in [4.69, 9.17) is 16.3 Å². The Bertz CT molecular complexity index is 879. The lowest BCUT2D eigenvalue weighted by Gasteiger charge is -2.17. The third kappa shape index (κ3) is 6.05. The van der Waals surface area contributed by atoms with E-state index in [-0.39, 0.29) is 24.8 Å². The molecule has 2 rings (SSSR count). The van der Waals surface area contributed by atoms with Crippen molar-refractivity contribution in [2.24, 2.45) is 0 Å². The molecule has 7 nitrogen and oxygen atoms in total. The SMILES string of the molecule is COCCCNC(=O)CN(C)C(=O)Cc1c(C)nn(-c2ccc(C)c(Cl)c2)c1C. The van der Waals surface area contributed by atoms with Crippen LogP contribution in [0.4, 0.5) is 0 Å². The monoisotopic (exact) mass is 420 g/mol. The Balaban J connectivity index is 2.04. The molecule has 1 aromatic carbocycles. The van der Waals surface area contributed by atoms with Crippen LogP contribution in [0.15, 0.2) is 18.2 Å². The molecule has 2 aromatic rings. The predicted molar refractivity (Wildman–Crippen MR) is 114 cm³/mol. The summed E-state index contributed by atoms with van der Waals surface area (Å²) in [6.45, 7) is 6.89. The molecule has 0 bridgehead atoms. The van der Waals surface area contributed by atoms with Gasteiger partial charge in [-0.15, -0.1) is 0 Å². The summed E-state index contributed by atoms with van der Waals surface area (Å²) in [5.41, 5.74) is 4.37. The van der Waals surface area contributed by atoms with Gasteiger partial charge in [0.2, 0.25) is 11.8 Å². The highest BCUT2D eigenvalue weighted by Crippen LogP contribution is 2.23. The molecule has 0 fully saturated rings. The number of methoxy groups -OCH3 is 1. The molecule has 2 amide bonds. The molecular weight excluding hydrogens is 392 g/mol. The van der Waals surface area contributed by atoms with Gasteiger partial charge in [0.15, 0.2) is 0 Å². The number of aromatic nitrogens is 2. The van der Waals surface area contributed by atoms with E-state index in [1.54, 1.807) is 18.8 Å². The molecule has 8 heteroatoms. The molecular formula is C21H29ClN4O3. The largest absolute Gasteiger partial charge is 0.385 e. The number of carbonyl (C=O) groups excluding carboxylic acids is 2. The summed E-state index contributed by atoms with van der Waals surface area (Å²) in [5, 5.41) is 8.03. The first-order chi connectivity index (χ1) is 13.7. The molecule has 0 aliphatic rings. The second-order valence-corrected chi connectivity index (χ2v) is 7.52. The minimum absolute atomic E-state index is 0.0195. The van der Waals surface area contributed by atoms with E-state index >= 15 is 0 Å². The number of ether oxygens (including phenoxy) is 1. The van der Waals surface area contributed by atoms with Gasteiger partial charge < -0.3 is 15.0 Å². The third-order valence-electron chi connectivity index (χ3n) is 4.82. The van der Waals surface area contributed by atoms with Crippen LogP contribution in [0.2, 0.25) is 5.02 Å². The van der Waals surface area contributed by atoms with Crippen LogP contribution in [0, 0.1) is 20.8 Å². The number of hydrogen-bond donors (Lipinski definition) is 1. The number of likely N-dealkylation sites (N-methyl/N-ethyl adjacent to an activating group) is 1. The number of rotatable bonds is 9. The third-order valence-corrected chi connectivity index (χ3v) is 5.23. The van der Waals surface area contributed by atoms with Crippen molar-refractivity contribution in [3.8, 4) is 5.69 Å². The maximum Gasteiger partial charge on any atom is 0.239 e. The van der Waals surface area contributed by atoms with E-state index in [1.165, 1.54) is 4.90 Å². The molecule has 1 N–H and O–H groups in total. The molecule has 1 heterocycles. The van der Waals surface area contributed by atoms with E-state index in [1.807, 2.05) is 39.0 Å². The standard InChI is InChI=1S/C21H29ClN4O3/c1-14-7-8-17(11-19(14)22)26-16(3)18(15(2)24-26)12-21(28)25(4)13-20(27)23-9-6-10-29-5/h7-8,11H,6,9-10,12-13H2,1-5H3,(H,23,27). The van der Waals surface area contributed by atoms with Crippen molar-refractivity contribution in [3.05, 3.63) is 45.7 Å². The van der Waals surface area contributed by atoms with Gasteiger partial charge in [0.1, 0.15) is 0 Å². The van der Waals surface area contributed by atoms with Crippen molar-refractivity contribution < 1.29 is 14.3 Å². The summed E-state index contributed by atoms with van der Waals surface area (Å²) >= 11 is 6.24. The molecule has 1 aromatic heterocycles. The number of halogens is 1. The van der Waals surface area contributed by atoms with Gasteiger partial charge in [-0.3, -0.25) is 9.59 Å². The number of amides is 2. The first kappa shape index (κ1) is 22.9. The number of nitrogens with zero attached hydrogens (tertiary/aromatic N) is 3. The van der Waals surface area contributed by atoms with Gasteiger partial charge in [0, 0.05) is 43.6 Å². The fourth-order valence-electron chi connectivity index (χ4n) is 2.99. The topological polar surface area (TPSA) is 76.5 Å². The molecule has 0 saturated carbocycles. The van der Waals surface area contributed by atoms with Crippen LogP contribution in [0.1, 0.15) is 28.9 Å². The van der Waals surface area contributed by atoms with Gasteiger partial charge >= 0.3 is 0 Å². The number of aryl methyl sites for hydroxylation is 2. The summed E-state index contributed by atoms with van der Waals surface area (Å²) in [5.74, 6) is -0.319. The fraction of sp³-hybridized carbons (Fsp3) is 0.476.